The monoisotopic (exact) mass is 531 g/mol. The Labute approximate surface area is 223 Å². The average molecular weight is 532 g/mol. The first kappa shape index (κ1) is 23.7. The van der Waals surface area contributed by atoms with Gasteiger partial charge in [0.05, 0.1) is 23.4 Å². The first-order chi connectivity index (χ1) is 18.0. The summed E-state index contributed by atoms with van der Waals surface area (Å²) in [6, 6.07) is 23.1. The molecule has 1 aliphatic carbocycles. The molecule has 0 amide bonds. The maximum Gasteiger partial charge on any atom is 0.352 e. The molecule has 0 bridgehead atoms. The normalized spacial score (nSPS) is 18.3. The van der Waals surface area contributed by atoms with Gasteiger partial charge in [-0.3, -0.25) is 4.57 Å². The Morgan fingerprint density at radius 3 is 2.38 bits per heavy atom. The van der Waals surface area contributed by atoms with Crippen molar-refractivity contribution < 1.29 is 4.79 Å². The summed E-state index contributed by atoms with van der Waals surface area (Å²) >= 11 is 12.3. The van der Waals surface area contributed by atoms with Crippen molar-refractivity contribution >= 4 is 41.1 Å². The zero-order valence-corrected chi connectivity index (χ0v) is 21.4. The van der Waals surface area contributed by atoms with Crippen molar-refractivity contribution in [3.8, 4) is 5.69 Å². The number of carbonyl (C=O) groups excluding carboxylic acids is 1. The second kappa shape index (κ2) is 9.32. The molecule has 186 valence electrons. The van der Waals surface area contributed by atoms with Crippen LogP contribution < -0.4 is 10.7 Å². The predicted molar refractivity (Wildman–Crippen MR) is 145 cm³/mol. The van der Waals surface area contributed by atoms with E-state index < -0.39 is 0 Å². The van der Waals surface area contributed by atoms with Crippen LogP contribution in [0.2, 0.25) is 10.0 Å². The fraction of sp³-hybridized carbons (Fsp3) is 0.214. The van der Waals surface area contributed by atoms with Gasteiger partial charge in [0.1, 0.15) is 6.29 Å². The number of halogens is 2. The summed E-state index contributed by atoms with van der Waals surface area (Å²) in [6.07, 6.45) is 2.82. The van der Waals surface area contributed by atoms with Crippen molar-refractivity contribution in [2.45, 2.75) is 31.2 Å². The molecule has 2 aliphatic rings. The Bertz CT molecular complexity index is 1570. The van der Waals surface area contributed by atoms with Gasteiger partial charge >= 0.3 is 5.69 Å². The molecule has 0 unspecified atom stereocenters. The summed E-state index contributed by atoms with van der Waals surface area (Å²) in [5.41, 5.74) is 4.32. The third-order valence-electron chi connectivity index (χ3n) is 7.18. The Balaban J connectivity index is 1.51. The highest BCUT2D eigenvalue weighted by molar-refractivity contribution is 6.31. The van der Waals surface area contributed by atoms with Crippen molar-refractivity contribution in [1.29, 1.82) is 0 Å². The minimum atomic E-state index is -0.361. The zero-order chi connectivity index (χ0) is 25.6. The van der Waals surface area contributed by atoms with Crippen LogP contribution in [0.5, 0.6) is 0 Å². The minimum Gasteiger partial charge on any atom is -0.303 e. The first-order valence-electron chi connectivity index (χ1n) is 12.1. The highest BCUT2D eigenvalue weighted by Crippen LogP contribution is 2.46. The van der Waals surface area contributed by atoms with Crippen LogP contribution in [-0.4, -0.2) is 32.9 Å². The van der Waals surface area contributed by atoms with Crippen molar-refractivity contribution in [1.82, 2.24) is 14.3 Å². The summed E-state index contributed by atoms with van der Waals surface area (Å²) in [5.74, 6) is 0.398. The molecule has 1 aromatic heterocycles. The van der Waals surface area contributed by atoms with Crippen molar-refractivity contribution in [3.63, 3.8) is 0 Å². The number of aromatic nitrogens is 3. The molecule has 37 heavy (non-hydrogen) atoms. The molecule has 0 saturated heterocycles. The Morgan fingerprint density at radius 1 is 0.946 bits per heavy atom. The SMILES string of the molecule is O=CCCn1c(N2C[C@]3(CCc4ccccc43)C(c3ccc(Cl)cc3)=N2)nn(-c2ccc(Cl)cc2)c1=O. The van der Waals surface area contributed by atoms with Gasteiger partial charge in [0.2, 0.25) is 5.95 Å². The molecule has 1 aliphatic heterocycles. The zero-order valence-electron chi connectivity index (χ0n) is 19.8. The molecule has 1 atom stereocenters. The van der Waals surface area contributed by atoms with Crippen molar-refractivity contribution in [2.24, 2.45) is 5.10 Å². The minimum absolute atomic E-state index is 0.189. The number of aryl methyl sites for hydroxylation is 1. The second-order valence-electron chi connectivity index (χ2n) is 9.33. The van der Waals surface area contributed by atoms with E-state index in [4.69, 9.17) is 33.4 Å². The smallest absolute Gasteiger partial charge is 0.303 e. The number of rotatable bonds is 6. The number of benzene rings is 3. The second-order valence-corrected chi connectivity index (χ2v) is 10.2. The van der Waals surface area contributed by atoms with E-state index in [0.29, 0.717) is 28.2 Å². The molecular weight excluding hydrogens is 509 g/mol. The van der Waals surface area contributed by atoms with Gasteiger partial charge in [-0.2, -0.15) is 9.78 Å². The third-order valence-corrected chi connectivity index (χ3v) is 7.68. The van der Waals surface area contributed by atoms with E-state index in [1.807, 2.05) is 29.3 Å². The summed E-state index contributed by atoms with van der Waals surface area (Å²) in [6.45, 7) is 0.733. The molecule has 4 aromatic rings. The summed E-state index contributed by atoms with van der Waals surface area (Å²) in [7, 11) is 0. The number of hydrogen-bond donors (Lipinski definition) is 0. The van der Waals surface area contributed by atoms with E-state index in [1.54, 1.807) is 24.3 Å². The number of aldehydes is 1. The highest BCUT2D eigenvalue weighted by Gasteiger charge is 2.49. The van der Waals surface area contributed by atoms with Gasteiger partial charge in [-0.1, -0.05) is 59.6 Å². The Hall–Kier alpha value is -3.68. The molecule has 1 spiro atoms. The lowest BCUT2D eigenvalue weighted by Crippen LogP contribution is -2.37. The van der Waals surface area contributed by atoms with Crippen molar-refractivity contribution in [3.05, 3.63) is 110 Å². The quantitative estimate of drug-likeness (QED) is 0.327. The van der Waals surface area contributed by atoms with Gasteiger partial charge < -0.3 is 4.79 Å². The number of anilines is 1. The molecular formula is C28H23Cl2N5O2. The number of fused-ring (bicyclic) bond motifs is 2. The Kier molecular flexibility index (Phi) is 5.97. The fourth-order valence-corrected chi connectivity index (χ4v) is 5.69. The highest BCUT2D eigenvalue weighted by atomic mass is 35.5. The predicted octanol–water partition coefficient (Wildman–Crippen LogP) is 5.04. The van der Waals surface area contributed by atoms with Crippen LogP contribution in [0, 0.1) is 0 Å². The molecule has 3 aromatic carbocycles. The van der Waals surface area contributed by atoms with Crippen LogP contribution in [0.3, 0.4) is 0 Å². The maximum atomic E-state index is 13.5. The van der Waals surface area contributed by atoms with Crippen LogP contribution in [-0.2, 0) is 23.2 Å². The van der Waals surface area contributed by atoms with Crippen LogP contribution >= 0.6 is 23.2 Å². The van der Waals surface area contributed by atoms with E-state index in [2.05, 4.69) is 24.3 Å². The lowest BCUT2D eigenvalue weighted by molar-refractivity contribution is -0.108. The molecule has 0 N–H and O–H groups in total. The van der Waals surface area contributed by atoms with E-state index in [1.165, 1.54) is 20.4 Å². The molecule has 2 heterocycles. The first-order valence-corrected chi connectivity index (χ1v) is 12.9. The van der Waals surface area contributed by atoms with Crippen LogP contribution in [0.25, 0.3) is 5.69 Å². The van der Waals surface area contributed by atoms with E-state index in [-0.39, 0.29) is 24.1 Å². The summed E-state index contributed by atoms with van der Waals surface area (Å²) in [4.78, 5) is 24.7. The topological polar surface area (TPSA) is 72.5 Å². The lowest BCUT2D eigenvalue weighted by Gasteiger charge is -2.27. The molecule has 7 nitrogen and oxygen atoms in total. The fourth-order valence-electron chi connectivity index (χ4n) is 5.44. The van der Waals surface area contributed by atoms with Gasteiger partial charge in [0.15, 0.2) is 0 Å². The lowest BCUT2D eigenvalue weighted by atomic mass is 9.75. The largest absolute Gasteiger partial charge is 0.352 e. The van der Waals surface area contributed by atoms with Gasteiger partial charge in [-0.05, 0) is 65.9 Å². The van der Waals surface area contributed by atoms with Crippen LogP contribution in [0.15, 0.2) is 82.7 Å². The van der Waals surface area contributed by atoms with E-state index in [0.717, 1.165) is 30.4 Å². The standard InChI is InChI=1S/C28H23Cl2N5O2/c29-21-8-6-20(7-9-21)25-28(15-14-19-4-1-2-5-24(19)28)18-34(31-25)26-32-35(23-12-10-22(30)11-13-23)27(37)33(26)16-3-17-36/h1-2,4-13,17H,3,14-16,18H2/t28-/m0/s1. The Morgan fingerprint density at radius 2 is 1.65 bits per heavy atom. The van der Waals surface area contributed by atoms with Crippen LogP contribution in [0.1, 0.15) is 29.5 Å². The number of nitrogens with zero attached hydrogens (tertiary/aromatic N) is 5. The molecule has 9 heteroatoms. The summed E-state index contributed by atoms with van der Waals surface area (Å²) in [5, 5.41) is 12.8. The van der Waals surface area contributed by atoms with Gasteiger partial charge in [-0.15, -0.1) is 5.10 Å². The van der Waals surface area contributed by atoms with E-state index >= 15 is 0 Å². The molecule has 0 fully saturated rings. The van der Waals surface area contributed by atoms with Gasteiger partial charge in [-0.25, -0.2) is 9.80 Å². The van der Waals surface area contributed by atoms with E-state index in [9.17, 15) is 9.59 Å². The molecule has 6 rings (SSSR count). The maximum absolute atomic E-state index is 13.5. The van der Waals surface area contributed by atoms with Crippen molar-refractivity contribution in [2.75, 3.05) is 11.6 Å². The third kappa shape index (κ3) is 3.99. The van der Waals surface area contributed by atoms with Gasteiger partial charge in [0, 0.05) is 23.0 Å². The average Bonchev–Trinajstić information content (AvgIpc) is 3.58. The number of carbonyl (C=O) groups is 1. The number of hydrogen-bond acceptors (Lipinski definition) is 5. The summed E-state index contributed by atoms with van der Waals surface area (Å²) < 4.78 is 2.85. The molecule has 0 saturated carbocycles. The van der Waals surface area contributed by atoms with Gasteiger partial charge in [0.25, 0.3) is 0 Å². The number of hydrazone groups is 1. The molecule has 0 radical (unpaired) electrons. The van der Waals surface area contributed by atoms with Crippen LogP contribution in [0.4, 0.5) is 5.95 Å².